The molecule has 0 aromatic carbocycles. The summed E-state index contributed by atoms with van der Waals surface area (Å²) in [6.07, 6.45) is 3.98. The number of hydrogen-bond acceptors (Lipinski definition) is 3. The van der Waals surface area contributed by atoms with Gasteiger partial charge in [-0.05, 0) is 11.8 Å². The molecule has 3 heteroatoms. The van der Waals surface area contributed by atoms with Gasteiger partial charge in [0.15, 0.2) is 5.82 Å². The van der Waals surface area contributed by atoms with Gasteiger partial charge in [-0.2, -0.15) is 4.98 Å². The van der Waals surface area contributed by atoms with E-state index in [9.17, 15) is 0 Å². The molecule has 0 saturated carbocycles. The number of hydrogen-bond donors (Lipinski definition) is 0. The predicted molar refractivity (Wildman–Crippen MR) is 56.1 cm³/mol. The summed E-state index contributed by atoms with van der Waals surface area (Å²) in [5, 5.41) is 3.94. The molecule has 80 valence electrons. The molecule has 0 unspecified atom stereocenters. The number of nitrogens with zero attached hydrogens (tertiary/aromatic N) is 2. The first kappa shape index (κ1) is 11.2. The van der Waals surface area contributed by atoms with E-state index in [1.807, 2.05) is 0 Å². The smallest absolute Gasteiger partial charge is 0.227 e. The van der Waals surface area contributed by atoms with E-state index in [-0.39, 0.29) is 5.41 Å². The van der Waals surface area contributed by atoms with E-state index in [1.165, 1.54) is 0 Å². The lowest BCUT2D eigenvalue weighted by atomic mass is 9.86. The van der Waals surface area contributed by atoms with Gasteiger partial charge in [-0.15, -0.1) is 0 Å². The highest BCUT2D eigenvalue weighted by Crippen LogP contribution is 2.24. The molecule has 0 radical (unpaired) electrons. The van der Waals surface area contributed by atoms with Crippen molar-refractivity contribution in [1.29, 1.82) is 0 Å². The minimum atomic E-state index is 0.260. The van der Waals surface area contributed by atoms with Gasteiger partial charge in [-0.25, -0.2) is 0 Å². The fourth-order valence-corrected chi connectivity index (χ4v) is 1.22. The van der Waals surface area contributed by atoms with Crippen LogP contribution < -0.4 is 0 Å². The van der Waals surface area contributed by atoms with Crippen molar-refractivity contribution in [2.75, 3.05) is 0 Å². The molecule has 1 heterocycles. The molecule has 1 aromatic heterocycles. The van der Waals surface area contributed by atoms with Crippen LogP contribution in [0.3, 0.4) is 0 Å². The van der Waals surface area contributed by atoms with Crippen LogP contribution in [-0.4, -0.2) is 10.1 Å². The summed E-state index contributed by atoms with van der Waals surface area (Å²) in [5.74, 6) is 1.62. The van der Waals surface area contributed by atoms with Crippen molar-refractivity contribution in [3.8, 4) is 0 Å². The van der Waals surface area contributed by atoms with Gasteiger partial charge < -0.3 is 4.52 Å². The van der Waals surface area contributed by atoms with Gasteiger partial charge in [0, 0.05) is 12.8 Å². The van der Waals surface area contributed by atoms with Crippen LogP contribution in [0, 0.1) is 5.41 Å². The van der Waals surface area contributed by atoms with E-state index < -0.39 is 0 Å². The van der Waals surface area contributed by atoms with Gasteiger partial charge in [0.2, 0.25) is 5.89 Å². The largest absolute Gasteiger partial charge is 0.339 e. The summed E-state index contributed by atoms with van der Waals surface area (Å²) in [5.41, 5.74) is 0.260. The normalized spacial score (nSPS) is 12.0. The molecule has 0 bridgehead atoms. The lowest BCUT2D eigenvalue weighted by molar-refractivity contribution is 0.284. The molecular formula is C11H20N2O. The Morgan fingerprint density at radius 2 is 2.00 bits per heavy atom. The summed E-state index contributed by atoms with van der Waals surface area (Å²) in [6.45, 7) is 8.74. The monoisotopic (exact) mass is 196 g/mol. The van der Waals surface area contributed by atoms with Crippen molar-refractivity contribution in [3.63, 3.8) is 0 Å². The van der Waals surface area contributed by atoms with Crippen LogP contribution in [-0.2, 0) is 12.8 Å². The zero-order valence-electron chi connectivity index (χ0n) is 9.63. The quantitative estimate of drug-likeness (QED) is 0.726. The highest BCUT2D eigenvalue weighted by Gasteiger charge is 2.19. The van der Waals surface area contributed by atoms with E-state index in [4.69, 9.17) is 4.52 Å². The third-order valence-electron chi connectivity index (χ3n) is 2.57. The SMILES string of the molecule is CCCc1noc(CC(C)(C)CC)n1. The maximum Gasteiger partial charge on any atom is 0.227 e. The van der Waals surface area contributed by atoms with Crippen LogP contribution in [0.25, 0.3) is 0 Å². The molecule has 0 atom stereocenters. The Balaban J connectivity index is 2.59. The fourth-order valence-electron chi connectivity index (χ4n) is 1.22. The van der Waals surface area contributed by atoms with Crippen molar-refractivity contribution in [2.24, 2.45) is 5.41 Å². The van der Waals surface area contributed by atoms with E-state index in [2.05, 4.69) is 37.8 Å². The van der Waals surface area contributed by atoms with Crippen LogP contribution in [0.4, 0.5) is 0 Å². The standard InChI is InChI=1S/C11H20N2O/c1-5-7-9-12-10(14-13-9)8-11(3,4)6-2/h5-8H2,1-4H3. The lowest BCUT2D eigenvalue weighted by Gasteiger charge is -2.19. The zero-order chi connectivity index (χ0) is 10.6. The summed E-state index contributed by atoms with van der Waals surface area (Å²) < 4.78 is 5.19. The molecule has 0 N–H and O–H groups in total. The van der Waals surface area contributed by atoms with Gasteiger partial charge in [0.25, 0.3) is 0 Å². The Labute approximate surface area is 85.9 Å². The molecule has 0 aliphatic heterocycles. The molecule has 14 heavy (non-hydrogen) atoms. The minimum absolute atomic E-state index is 0.260. The van der Waals surface area contributed by atoms with Gasteiger partial charge in [-0.1, -0.05) is 39.3 Å². The summed E-state index contributed by atoms with van der Waals surface area (Å²) in [4.78, 5) is 4.36. The van der Waals surface area contributed by atoms with E-state index >= 15 is 0 Å². The summed E-state index contributed by atoms with van der Waals surface area (Å²) >= 11 is 0. The summed E-state index contributed by atoms with van der Waals surface area (Å²) in [7, 11) is 0. The topological polar surface area (TPSA) is 38.9 Å². The molecule has 0 amide bonds. The molecule has 0 aliphatic rings. The highest BCUT2D eigenvalue weighted by atomic mass is 16.5. The molecule has 0 fully saturated rings. The third-order valence-corrected chi connectivity index (χ3v) is 2.57. The number of aryl methyl sites for hydroxylation is 1. The first-order valence-electron chi connectivity index (χ1n) is 5.39. The Morgan fingerprint density at radius 3 is 2.57 bits per heavy atom. The first-order chi connectivity index (χ1) is 6.57. The minimum Gasteiger partial charge on any atom is -0.339 e. The van der Waals surface area contributed by atoms with Crippen LogP contribution in [0.5, 0.6) is 0 Å². The Hall–Kier alpha value is -0.860. The molecule has 1 rings (SSSR count). The maximum atomic E-state index is 5.19. The molecule has 0 aliphatic carbocycles. The second kappa shape index (κ2) is 4.58. The van der Waals surface area contributed by atoms with Crippen molar-refractivity contribution < 1.29 is 4.52 Å². The van der Waals surface area contributed by atoms with Crippen molar-refractivity contribution in [2.45, 2.75) is 53.4 Å². The first-order valence-corrected chi connectivity index (χ1v) is 5.39. The molecular weight excluding hydrogens is 176 g/mol. The second-order valence-corrected chi connectivity index (χ2v) is 4.55. The van der Waals surface area contributed by atoms with Crippen molar-refractivity contribution in [1.82, 2.24) is 10.1 Å². The highest BCUT2D eigenvalue weighted by molar-refractivity contribution is 4.90. The lowest BCUT2D eigenvalue weighted by Crippen LogP contribution is -2.13. The van der Waals surface area contributed by atoms with Gasteiger partial charge >= 0.3 is 0 Å². The Kier molecular flexibility index (Phi) is 3.67. The van der Waals surface area contributed by atoms with E-state index in [1.54, 1.807) is 0 Å². The zero-order valence-corrected chi connectivity index (χ0v) is 9.63. The molecule has 0 spiro atoms. The van der Waals surface area contributed by atoms with Crippen molar-refractivity contribution in [3.05, 3.63) is 11.7 Å². The average molecular weight is 196 g/mol. The van der Waals surface area contributed by atoms with Crippen LogP contribution in [0.15, 0.2) is 4.52 Å². The third kappa shape index (κ3) is 3.13. The van der Waals surface area contributed by atoms with Gasteiger partial charge in [0.1, 0.15) is 0 Å². The van der Waals surface area contributed by atoms with Crippen LogP contribution in [0.1, 0.15) is 52.3 Å². The van der Waals surface area contributed by atoms with E-state index in [0.29, 0.717) is 0 Å². The number of rotatable bonds is 5. The maximum absolute atomic E-state index is 5.19. The van der Waals surface area contributed by atoms with Gasteiger partial charge in [0.05, 0.1) is 0 Å². The number of aromatic nitrogens is 2. The predicted octanol–water partition coefficient (Wildman–Crippen LogP) is 3.00. The Morgan fingerprint density at radius 1 is 1.29 bits per heavy atom. The molecule has 0 saturated heterocycles. The molecule has 1 aromatic rings. The Bertz CT molecular complexity index is 279. The average Bonchev–Trinajstić information content (AvgIpc) is 2.53. The second-order valence-electron chi connectivity index (χ2n) is 4.55. The van der Waals surface area contributed by atoms with Gasteiger partial charge in [-0.3, -0.25) is 0 Å². The van der Waals surface area contributed by atoms with E-state index in [0.717, 1.165) is 37.4 Å². The summed E-state index contributed by atoms with van der Waals surface area (Å²) in [6, 6.07) is 0. The van der Waals surface area contributed by atoms with Crippen LogP contribution in [0.2, 0.25) is 0 Å². The molecule has 3 nitrogen and oxygen atoms in total. The van der Waals surface area contributed by atoms with Crippen LogP contribution >= 0.6 is 0 Å². The van der Waals surface area contributed by atoms with Crippen molar-refractivity contribution >= 4 is 0 Å². The fraction of sp³-hybridized carbons (Fsp3) is 0.818.